The van der Waals surface area contributed by atoms with E-state index in [9.17, 15) is 32.1 Å². The molecule has 0 saturated heterocycles. The highest BCUT2D eigenvalue weighted by Crippen LogP contribution is 2.37. The number of hydrogen-bond acceptors (Lipinski definition) is 7. The number of amides is 1. The zero-order chi connectivity index (χ0) is 25.8. The van der Waals surface area contributed by atoms with Crippen molar-refractivity contribution < 1.29 is 36.4 Å². The molecule has 0 heterocycles. The molecule has 0 radical (unpaired) electrons. The minimum atomic E-state index is -4.77. The molecule has 0 aromatic heterocycles. The Kier molecular flexibility index (Phi) is 7.49. The normalized spacial score (nSPS) is 11.0. The number of anilines is 2. The Morgan fingerprint density at radius 3 is 2.29 bits per heavy atom. The van der Waals surface area contributed by atoms with Crippen molar-refractivity contribution in [3.63, 3.8) is 0 Å². The molecule has 10 nitrogen and oxygen atoms in total. The molecule has 0 atom stereocenters. The fourth-order valence-electron chi connectivity index (χ4n) is 3.16. The van der Waals surface area contributed by atoms with Crippen LogP contribution in [0.3, 0.4) is 0 Å². The van der Waals surface area contributed by atoms with Gasteiger partial charge in [0.1, 0.15) is 35.4 Å². The van der Waals surface area contributed by atoms with Crippen molar-refractivity contribution in [1.29, 1.82) is 0 Å². The number of nitro groups is 1. The summed E-state index contributed by atoms with van der Waals surface area (Å²) >= 11 is 0. The van der Waals surface area contributed by atoms with Crippen molar-refractivity contribution in [2.45, 2.75) is 4.90 Å². The van der Waals surface area contributed by atoms with Crippen molar-refractivity contribution in [3.05, 3.63) is 82.4 Å². The Morgan fingerprint density at radius 1 is 1.03 bits per heavy atom. The van der Waals surface area contributed by atoms with E-state index in [4.69, 9.17) is 9.47 Å². The number of carbonyl (C=O) groups is 1. The summed E-state index contributed by atoms with van der Waals surface area (Å²) in [6.45, 7) is -0.995. The lowest BCUT2D eigenvalue weighted by molar-refractivity contribution is -0.387. The van der Waals surface area contributed by atoms with Gasteiger partial charge in [0.25, 0.3) is 15.7 Å². The highest BCUT2D eigenvalue weighted by molar-refractivity contribution is 7.93. The topological polar surface area (TPSA) is 128 Å². The maximum absolute atomic E-state index is 14.0. The first-order valence-electron chi connectivity index (χ1n) is 9.82. The third-order valence-electron chi connectivity index (χ3n) is 4.80. The Morgan fingerprint density at radius 2 is 1.69 bits per heavy atom. The second-order valence-corrected chi connectivity index (χ2v) is 8.75. The minimum absolute atomic E-state index is 0.0450. The lowest BCUT2D eigenvalue weighted by atomic mass is 10.2. The van der Waals surface area contributed by atoms with E-state index < -0.39 is 55.3 Å². The van der Waals surface area contributed by atoms with E-state index in [-0.39, 0.29) is 11.4 Å². The number of rotatable bonds is 9. The van der Waals surface area contributed by atoms with Crippen LogP contribution >= 0.6 is 0 Å². The number of methoxy groups -OCH3 is 2. The summed E-state index contributed by atoms with van der Waals surface area (Å²) in [6.07, 6.45) is 0. The first-order chi connectivity index (χ1) is 16.6. The third kappa shape index (κ3) is 5.30. The van der Waals surface area contributed by atoms with Gasteiger partial charge in [-0.2, -0.15) is 0 Å². The second kappa shape index (κ2) is 10.3. The van der Waals surface area contributed by atoms with Crippen LogP contribution in [0.2, 0.25) is 0 Å². The van der Waals surface area contributed by atoms with E-state index in [1.807, 2.05) is 5.32 Å². The molecule has 3 aromatic rings. The summed E-state index contributed by atoms with van der Waals surface area (Å²) in [5.74, 6) is -3.01. The monoisotopic (exact) mass is 507 g/mol. The average Bonchev–Trinajstić information content (AvgIpc) is 2.84. The number of para-hydroxylation sites is 2. The van der Waals surface area contributed by atoms with Gasteiger partial charge in [0.15, 0.2) is 4.90 Å². The number of benzene rings is 3. The summed E-state index contributed by atoms with van der Waals surface area (Å²) in [5, 5.41) is 13.5. The minimum Gasteiger partial charge on any atom is -0.497 e. The first kappa shape index (κ1) is 25.4. The molecule has 0 saturated carbocycles. The number of halogens is 2. The molecule has 3 rings (SSSR count). The average molecular weight is 507 g/mol. The fourth-order valence-corrected chi connectivity index (χ4v) is 4.75. The molecule has 0 aliphatic heterocycles. The van der Waals surface area contributed by atoms with Crippen LogP contribution < -0.4 is 19.1 Å². The Hall–Kier alpha value is -4.26. The molecule has 1 amide bonds. The molecule has 13 heteroatoms. The summed E-state index contributed by atoms with van der Waals surface area (Å²) < 4.78 is 66.1. The molecular formula is C22H19F2N3O7S. The number of nitrogens with zero attached hydrogens (tertiary/aromatic N) is 2. The Bertz CT molecular complexity index is 1360. The lowest BCUT2D eigenvalue weighted by Gasteiger charge is -2.25. The van der Waals surface area contributed by atoms with Crippen LogP contribution in [0.5, 0.6) is 11.5 Å². The largest absolute Gasteiger partial charge is 0.497 e. The third-order valence-corrected chi connectivity index (χ3v) is 6.61. The molecule has 3 aromatic carbocycles. The molecule has 0 aliphatic carbocycles. The van der Waals surface area contributed by atoms with Crippen LogP contribution in [0.15, 0.2) is 65.6 Å². The van der Waals surface area contributed by atoms with E-state index in [0.29, 0.717) is 10.1 Å². The van der Waals surface area contributed by atoms with E-state index in [1.165, 1.54) is 44.6 Å². The van der Waals surface area contributed by atoms with Gasteiger partial charge in [-0.1, -0.05) is 18.2 Å². The molecule has 0 bridgehead atoms. The van der Waals surface area contributed by atoms with Gasteiger partial charge in [-0.25, -0.2) is 17.2 Å². The van der Waals surface area contributed by atoms with E-state index in [0.717, 1.165) is 30.3 Å². The number of sulfonamides is 1. The quantitative estimate of drug-likeness (QED) is 0.345. The van der Waals surface area contributed by atoms with Crippen molar-refractivity contribution in [1.82, 2.24) is 0 Å². The van der Waals surface area contributed by atoms with Gasteiger partial charge in [0.2, 0.25) is 5.91 Å². The van der Waals surface area contributed by atoms with Crippen molar-refractivity contribution >= 4 is 33.0 Å². The van der Waals surface area contributed by atoms with Crippen LogP contribution in [0.4, 0.5) is 25.8 Å². The standard InChI is InChI=1S/C22H19F2N3O7S/c1-33-14-10-11-17(19(12-14)34-2)26(13-21(28)25-22-15(23)6-5-7-16(22)24)35(31,32)20-9-4-3-8-18(20)27(29)30/h3-12H,13H2,1-2H3,(H,25,28). The molecule has 0 spiro atoms. The Labute approximate surface area is 198 Å². The van der Waals surface area contributed by atoms with Gasteiger partial charge in [-0.15, -0.1) is 0 Å². The predicted octanol–water partition coefficient (Wildman–Crippen LogP) is 3.72. The highest BCUT2D eigenvalue weighted by Gasteiger charge is 2.35. The summed E-state index contributed by atoms with van der Waals surface area (Å²) in [6, 6.07) is 11.5. The van der Waals surface area contributed by atoms with Crippen molar-refractivity contribution in [2.24, 2.45) is 0 Å². The highest BCUT2D eigenvalue weighted by atomic mass is 32.2. The summed E-state index contributed by atoms with van der Waals surface area (Å²) in [7, 11) is -2.16. The van der Waals surface area contributed by atoms with Crippen LogP contribution in [0, 0.1) is 21.7 Å². The van der Waals surface area contributed by atoms with Crippen molar-refractivity contribution in [3.8, 4) is 11.5 Å². The van der Waals surface area contributed by atoms with Gasteiger partial charge < -0.3 is 14.8 Å². The lowest BCUT2D eigenvalue weighted by Crippen LogP contribution is -2.38. The first-order valence-corrected chi connectivity index (χ1v) is 11.3. The van der Waals surface area contributed by atoms with E-state index >= 15 is 0 Å². The smallest absolute Gasteiger partial charge is 0.289 e. The molecule has 35 heavy (non-hydrogen) atoms. The number of nitro benzene ring substituents is 1. The molecule has 0 aliphatic rings. The molecular weight excluding hydrogens is 488 g/mol. The van der Waals surface area contributed by atoms with Gasteiger partial charge in [0, 0.05) is 12.1 Å². The second-order valence-electron chi connectivity index (χ2n) is 6.92. The van der Waals surface area contributed by atoms with Crippen LogP contribution in [-0.4, -0.2) is 40.0 Å². The predicted molar refractivity (Wildman–Crippen MR) is 122 cm³/mol. The zero-order valence-corrected chi connectivity index (χ0v) is 19.2. The van der Waals surface area contributed by atoms with Gasteiger partial charge in [-0.3, -0.25) is 19.2 Å². The van der Waals surface area contributed by atoms with Gasteiger partial charge in [0.05, 0.1) is 24.8 Å². The van der Waals surface area contributed by atoms with Crippen LogP contribution in [0.1, 0.15) is 0 Å². The number of carbonyl (C=O) groups excluding carboxylic acids is 1. The fraction of sp³-hybridized carbons (Fsp3) is 0.136. The summed E-state index contributed by atoms with van der Waals surface area (Å²) in [5.41, 5.74) is -1.68. The van der Waals surface area contributed by atoms with Gasteiger partial charge >= 0.3 is 0 Å². The molecule has 184 valence electrons. The van der Waals surface area contributed by atoms with Crippen molar-refractivity contribution in [2.75, 3.05) is 30.4 Å². The van der Waals surface area contributed by atoms with Crippen LogP contribution in [-0.2, 0) is 14.8 Å². The molecule has 0 fully saturated rings. The number of nitrogens with one attached hydrogen (secondary N) is 1. The maximum atomic E-state index is 14.0. The molecule has 1 N–H and O–H groups in total. The zero-order valence-electron chi connectivity index (χ0n) is 18.4. The van der Waals surface area contributed by atoms with E-state index in [1.54, 1.807) is 0 Å². The van der Waals surface area contributed by atoms with Gasteiger partial charge in [-0.05, 0) is 30.3 Å². The number of ether oxygens (including phenoxy) is 2. The maximum Gasteiger partial charge on any atom is 0.289 e. The SMILES string of the molecule is COc1ccc(N(CC(=O)Nc2c(F)cccc2F)S(=O)(=O)c2ccccc2[N+](=O)[O-])c(OC)c1. The number of hydrogen-bond donors (Lipinski definition) is 1. The van der Waals surface area contributed by atoms with E-state index in [2.05, 4.69) is 0 Å². The molecule has 0 unspecified atom stereocenters. The van der Waals surface area contributed by atoms with Crippen LogP contribution in [0.25, 0.3) is 0 Å². The summed E-state index contributed by atoms with van der Waals surface area (Å²) in [4.78, 5) is 22.7. The Balaban J connectivity index is 2.13.